The molecule has 0 fully saturated rings. The van der Waals surface area contributed by atoms with Crippen LogP contribution in [-0.4, -0.2) is 18.7 Å². The van der Waals surface area contributed by atoms with Crippen LogP contribution in [0.15, 0.2) is 18.2 Å². The Morgan fingerprint density at radius 2 is 1.94 bits per heavy atom. The van der Waals surface area contributed by atoms with Crippen molar-refractivity contribution in [2.24, 2.45) is 0 Å². The Kier molecular flexibility index (Phi) is 4.12. The van der Waals surface area contributed by atoms with Gasteiger partial charge in [-0.3, -0.25) is 0 Å². The summed E-state index contributed by atoms with van der Waals surface area (Å²) in [5.74, 6) is -0.373. The number of carbonyl (C=O) groups is 1. The van der Waals surface area contributed by atoms with Gasteiger partial charge in [0.1, 0.15) is 5.60 Å². The summed E-state index contributed by atoms with van der Waals surface area (Å²) in [6.45, 7) is 5.90. The van der Waals surface area contributed by atoms with Crippen LogP contribution in [0.4, 0.5) is 5.69 Å². The molecule has 0 heterocycles. The Morgan fingerprint density at radius 1 is 1.29 bits per heavy atom. The largest absolute Gasteiger partial charge is 0.456 e. The Labute approximate surface area is 102 Å². The first-order valence-electron chi connectivity index (χ1n) is 5.43. The summed E-state index contributed by atoms with van der Waals surface area (Å²) >= 11 is 0. The fourth-order valence-corrected chi connectivity index (χ4v) is 1.42. The molecule has 0 aliphatic heterocycles. The van der Waals surface area contributed by atoms with E-state index >= 15 is 0 Å². The van der Waals surface area contributed by atoms with E-state index in [0.717, 1.165) is 5.56 Å². The molecule has 1 aromatic rings. The van der Waals surface area contributed by atoms with E-state index in [9.17, 15) is 4.79 Å². The lowest BCUT2D eigenvalue weighted by Crippen LogP contribution is -2.24. The van der Waals surface area contributed by atoms with Crippen LogP contribution in [-0.2, 0) is 16.1 Å². The Morgan fingerprint density at radius 3 is 2.47 bits per heavy atom. The van der Waals surface area contributed by atoms with Crippen molar-refractivity contribution in [1.29, 1.82) is 0 Å². The van der Waals surface area contributed by atoms with Crippen LogP contribution in [0, 0.1) is 0 Å². The first kappa shape index (κ1) is 13.5. The van der Waals surface area contributed by atoms with Crippen molar-refractivity contribution < 1.29 is 14.3 Å². The zero-order valence-electron chi connectivity index (χ0n) is 10.7. The molecule has 0 unspecified atom stereocenters. The number of rotatable bonds is 3. The van der Waals surface area contributed by atoms with Crippen LogP contribution in [0.1, 0.15) is 36.7 Å². The average molecular weight is 237 g/mol. The number of nitrogen functional groups attached to an aromatic ring is 1. The number of hydrogen-bond acceptors (Lipinski definition) is 4. The molecule has 94 valence electrons. The molecule has 0 radical (unpaired) electrons. The normalized spacial score (nSPS) is 11.3. The lowest BCUT2D eigenvalue weighted by Gasteiger charge is -2.19. The molecule has 4 nitrogen and oxygen atoms in total. The van der Waals surface area contributed by atoms with Gasteiger partial charge in [-0.1, -0.05) is 0 Å². The number of hydrogen-bond donors (Lipinski definition) is 1. The van der Waals surface area contributed by atoms with Crippen LogP contribution < -0.4 is 5.73 Å². The van der Waals surface area contributed by atoms with Crippen LogP contribution in [0.2, 0.25) is 0 Å². The quantitative estimate of drug-likeness (QED) is 0.647. The third kappa shape index (κ3) is 4.44. The smallest absolute Gasteiger partial charge is 0.338 e. The number of methoxy groups -OCH3 is 1. The highest BCUT2D eigenvalue weighted by molar-refractivity contribution is 5.91. The molecule has 0 spiro atoms. The van der Waals surface area contributed by atoms with Crippen molar-refractivity contribution in [3.05, 3.63) is 29.3 Å². The second-order valence-corrected chi connectivity index (χ2v) is 4.90. The van der Waals surface area contributed by atoms with Crippen molar-refractivity contribution in [3.63, 3.8) is 0 Å². The monoisotopic (exact) mass is 237 g/mol. The van der Waals surface area contributed by atoms with E-state index < -0.39 is 5.60 Å². The van der Waals surface area contributed by atoms with Gasteiger partial charge in [-0.15, -0.1) is 0 Å². The van der Waals surface area contributed by atoms with Gasteiger partial charge < -0.3 is 15.2 Å². The standard InChI is InChI=1S/C13H19NO3/c1-13(2,3)17-12(15)10-5-9(8-16-4)6-11(14)7-10/h5-7H,8,14H2,1-4H3. The molecule has 2 N–H and O–H groups in total. The lowest BCUT2D eigenvalue weighted by molar-refractivity contribution is 0.00693. The van der Waals surface area contributed by atoms with Gasteiger partial charge in [0.05, 0.1) is 12.2 Å². The third-order valence-corrected chi connectivity index (χ3v) is 1.96. The van der Waals surface area contributed by atoms with Crippen LogP contribution in [0.25, 0.3) is 0 Å². The number of benzene rings is 1. The average Bonchev–Trinajstić information content (AvgIpc) is 2.14. The molecule has 4 heteroatoms. The van der Waals surface area contributed by atoms with E-state index in [2.05, 4.69) is 0 Å². The van der Waals surface area contributed by atoms with Gasteiger partial charge in [0.25, 0.3) is 0 Å². The molecule has 0 amide bonds. The van der Waals surface area contributed by atoms with Gasteiger partial charge in [0, 0.05) is 12.8 Å². The fraction of sp³-hybridized carbons (Fsp3) is 0.462. The summed E-state index contributed by atoms with van der Waals surface area (Å²) < 4.78 is 10.3. The minimum atomic E-state index is -0.511. The van der Waals surface area contributed by atoms with E-state index in [1.807, 2.05) is 20.8 Å². The van der Waals surface area contributed by atoms with Gasteiger partial charge in [0.2, 0.25) is 0 Å². The van der Waals surface area contributed by atoms with Gasteiger partial charge in [0.15, 0.2) is 0 Å². The predicted octanol–water partition coefficient (Wildman–Crippen LogP) is 2.37. The SMILES string of the molecule is COCc1cc(N)cc(C(=O)OC(C)(C)C)c1. The molecule has 17 heavy (non-hydrogen) atoms. The second kappa shape index (κ2) is 5.19. The number of esters is 1. The molecule has 0 aliphatic carbocycles. The molecule has 0 saturated heterocycles. The molecule has 1 aromatic carbocycles. The van der Waals surface area contributed by atoms with Crippen molar-refractivity contribution in [2.75, 3.05) is 12.8 Å². The topological polar surface area (TPSA) is 61.5 Å². The van der Waals surface area contributed by atoms with Crippen LogP contribution in [0.5, 0.6) is 0 Å². The molecule has 0 aliphatic rings. The molecule has 1 rings (SSSR count). The first-order valence-corrected chi connectivity index (χ1v) is 5.43. The summed E-state index contributed by atoms with van der Waals surface area (Å²) in [6.07, 6.45) is 0. The summed E-state index contributed by atoms with van der Waals surface area (Å²) in [4.78, 5) is 11.9. The molecule has 0 aromatic heterocycles. The highest BCUT2D eigenvalue weighted by atomic mass is 16.6. The molecular weight excluding hydrogens is 218 g/mol. The van der Waals surface area contributed by atoms with Gasteiger partial charge in [-0.2, -0.15) is 0 Å². The van der Waals surface area contributed by atoms with E-state index in [4.69, 9.17) is 15.2 Å². The van der Waals surface area contributed by atoms with E-state index in [0.29, 0.717) is 17.9 Å². The second-order valence-electron chi connectivity index (χ2n) is 4.90. The van der Waals surface area contributed by atoms with Gasteiger partial charge in [-0.25, -0.2) is 4.79 Å². The van der Waals surface area contributed by atoms with E-state index in [1.165, 1.54) is 0 Å². The zero-order chi connectivity index (χ0) is 13.1. The van der Waals surface area contributed by atoms with Crippen molar-refractivity contribution in [1.82, 2.24) is 0 Å². The highest BCUT2D eigenvalue weighted by Crippen LogP contribution is 2.17. The maximum absolute atomic E-state index is 11.9. The van der Waals surface area contributed by atoms with Crippen LogP contribution >= 0.6 is 0 Å². The van der Waals surface area contributed by atoms with Crippen molar-refractivity contribution in [3.8, 4) is 0 Å². The molecule has 0 atom stereocenters. The number of ether oxygens (including phenoxy) is 2. The molecule has 0 saturated carbocycles. The lowest BCUT2D eigenvalue weighted by atomic mass is 10.1. The Bertz CT molecular complexity index is 408. The highest BCUT2D eigenvalue weighted by Gasteiger charge is 2.18. The minimum Gasteiger partial charge on any atom is -0.456 e. The number of anilines is 1. The Hall–Kier alpha value is -1.55. The Balaban J connectivity index is 2.93. The zero-order valence-corrected chi connectivity index (χ0v) is 10.7. The molecular formula is C13H19NO3. The molecule has 0 bridgehead atoms. The first-order chi connectivity index (χ1) is 7.81. The number of nitrogens with two attached hydrogens (primary N) is 1. The minimum absolute atomic E-state index is 0.373. The van der Waals surface area contributed by atoms with Gasteiger partial charge >= 0.3 is 5.97 Å². The van der Waals surface area contributed by atoms with E-state index in [-0.39, 0.29) is 5.97 Å². The number of carbonyl (C=O) groups excluding carboxylic acids is 1. The summed E-state index contributed by atoms with van der Waals surface area (Å²) in [7, 11) is 1.59. The predicted molar refractivity (Wildman–Crippen MR) is 66.7 cm³/mol. The van der Waals surface area contributed by atoms with E-state index in [1.54, 1.807) is 25.3 Å². The summed E-state index contributed by atoms with van der Waals surface area (Å²) in [5.41, 5.74) is 7.05. The maximum atomic E-state index is 11.9. The summed E-state index contributed by atoms with van der Waals surface area (Å²) in [6, 6.07) is 5.11. The fourth-order valence-electron chi connectivity index (χ4n) is 1.42. The van der Waals surface area contributed by atoms with Crippen LogP contribution in [0.3, 0.4) is 0 Å². The van der Waals surface area contributed by atoms with Gasteiger partial charge in [-0.05, 0) is 44.5 Å². The van der Waals surface area contributed by atoms with Crippen molar-refractivity contribution >= 4 is 11.7 Å². The summed E-state index contributed by atoms with van der Waals surface area (Å²) in [5, 5.41) is 0. The maximum Gasteiger partial charge on any atom is 0.338 e. The third-order valence-electron chi connectivity index (χ3n) is 1.96. The van der Waals surface area contributed by atoms with Crippen molar-refractivity contribution in [2.45, 2.75) is 33.0 Å².